The van der Waals surface area contributed by atoms with Gasteiger partial charge in [0.05, 0.1) is 11.5 Å². The summed E-state index contributed by atoms with van der Waals surface area (Å²) in [6.45, 7) is 1.50. The minimum absolute atomic E-state index is 0.0438. The highest BCUT2D eigenvalue weighted by Crippen LogP contribution is 2.39. The van der Waals surface area contributed by atoms with Crippen molar-refractivity contribution in [1.29, 1.82) is 0 Å². The van der Waals surface area contributed by atoms with E-state index in [0.717, 1.165) is 12.1 Å². The van der Waals surface area contributed by atoms with Crippen molar-refractivity contribution in [2.24, 2.45) is 0 Å². The number of rotatable bonds is 3. The number of aliphatic carboxylic acids is 1. The van der Waals surface area contributed by atoms with Gasteiger partial charge in [-0.15, -0.1) is 0 Å². The molecular formula is C11H10ClF3O2. The molecule has 2 nitrogen and oxygen atoms in total. The van der Waals surface area contributed by atoms with Crippen LogP contribution in [0.4, 0.5) is 13.2 Å². The van der Waals surface area contributed by atoms with Gasteiger partial charge in [0.15, 0.2) is 0 Å². The number of hydrogen-bond acceptors (Lipinski definition) is 1. The third kappa shape index (κ3) is 2.91. The third-order valence-corrected chi connectivity index (χ3v) is 2.74. The van der Waals surface area contributed by atoms with Crippen molar-refractivity contribution >= 4 is 17.6 Å². The van der Waals surface area contributed by atoms with Crippen LogP contribution in [0.15, 0.2) is 18.2 Å². The Labute approximate surface area is 101 Å². The zero-order valence-corrected chi connectivity index (χ0v) is 9.64. The lowest BCUT2D eigenvalue weighted by Crippen LogP contribution is -2.17. The fraction of sp³-hybridized carbons (Fsp3) is 0.364. The van der Waals surface area contributed by atoms with Gasteiger partial charge in [0.1, 0.15) is 0 Å². The largest absolute Gasteiger partial charge is 0.481 e. The lowest BCUT2D eigenvalue weighted by Gasteiger charge is -2.18. The first-order chi connectivity index (χ1) is 7.79. The van der Waals surface area contributed by atoms with E-state index in [9.17, 15) is 18.0 Å². The summed E-state index contributed by atoms with van der Waals surface area (Å²) in [6, 6.07) is 3.26. The van der Waals surface area contributed by atoms with Gasteiger partial charge >= 0.3 is 12.1 Å². The van der Waals surface area contributed by atoms with Crippen molar-refractivity contribution in [1.82, 2.24) is 0 Å². The minimum Gasteiger partial charge on any atom is -0.481 e. The molecule has 1 unspecified atom stereocenters. The summed E-state index contributed by atoms with van der Waals surface area (Å²) in [7, 11) is 0. The minimum atomic E-state index is -4.61. The van der Waals surface area contributed by atoms with Gasteiger partial charge in [-0.1, -0.05) is 24.6 Å². The first-order valence-corrected chi connectivity index (χ1v) is 5.25. The van der Waals surface area contributed by atoms with E-state index in [-0.39, 0.29) is 17.0 Å². The van der Waals surface area contributed by atoms with Crippen LogP contribution in [0.2, 0.25) is 5.02 Å². The smallest absolute Gasteiger partial charge is 0.416 e. The highest BCUT2D eigenvalue weighted by atomic mass is 35.5. The molecule has 0 spiro atoms. The van der Waals surface area contributed by atoms with Gasteiger partial charge in [0, 0.05) is 5.02 Å². The zero-order valence-electron chi connectivity index (χ0n) is 8.88. The average Bonchev–Trinajstić information content (AvgIpc) is 2.19. The fourth-order valence-electron chi connectivity index (χ4n) is 1.64. The molecule has 0 aliphatic carbocycles. The van der Waals surface area contributed by atoms with Gasteiger partial charge in [-0.3, -0.25) is 4.79 Å². The maximum Gasteiger partial charge on any atom is 0.416 e. The van der Waals surface area contributed by atoms with Gasteiger partial charge in [0.2, 0.25) is 0 Å². The van der Waals surface area contributed by atoms with Crippen LogP contribution in [0.1, 0.15) is 30.4 Å². The number of hydrogen-bond donors (Lipinski definition) is 1. The first kappa shape index (κ1) is 13.8. The maximum absolute atomic E-state index is 12.7. The molecule has 6 heteroatoms. The lowest BCUT2D eigenvalue weighted by atomic mass is 9.92. The summed E-state index contributed by atoms with van der Waals surface area (Å²) >= 11 is 5.69. The molecule has 0 saturated carbocycles. The van der Waals surface area contributed by atoms with Crippen LogP contribution in [0.5, 0.6) is 0 Å². The Balaban J connectivity index is 3.44. The molecule has 0 saturated heterocycles. The van der Waals surface area contributed by atoms with Crippen LogP contribution in [-0.4, -0.2) is 11.1 Å². The number of carbonyl (C=O) groups is 1. The number of benzene rings is 1. The second-order valence-corrected chi connectivity index (χ2v) is 3.91. The van der Waals surface area contributed by atoms with Gasteiger partial charge in [-0.2, -0.15) is 13.2 Å². The Morgan fingerprint density at radius 3 is 2.47 bits per heavy atom. The van der Waals surface area contributed by atoms with Crippen molar-refractivity contribution < 1.29 is 23.1 Å². The second-order valence-electron chi connectivity index (χ2n) is 3.50. The van der Waals surface area contributed by atoms with Crippen molar-refractivity contribution in [3.8, 4) is 0 Å². The average molecular weight is 267 g/mol. The predicted octanol–water partition coefficient (Wildman–Crippen LogP) is 3.94. The maximum atomic E-state index is 12.7. The Morgan fingerprint density at radius 2 is 2.06 bits per heavy atom. The Hall–Kier alpha value is -1.23. The van der Waals surface area contributed by atoms with E-state index in [1.807, 2.05) is 0 Å². The van der Waals surface area contributed by atoms with Crippen LogP contribution < -0.4 is 0 Å². The van der Waals surface area contributed by atoms with Crippen molar-refractivity contribution in [3.63, 3.8) is 0 Å². The van der Waals surface area contributed by atoms with E-state index >= 15 is 0 Å². The van der Waals surface area contributed by atoms with Gasteiger partial charge in [-0.25, -0.2) is 0 Å². The topological polar surface area (TPSA) is 37.3 Å². The van der Waals surface area contributed by atoms with Crippen LogP contribution in [-0.2, 0) is 11.0 Å². The van der Waals surface area contributed by atoms with Crippen LogP contribution >= 0.6 is 11.6 Å². The number of carboxylic acids is 1. The Morgan fingerprint density at radius 1 is 1.47 bits per heavy atom. The molecule has 1 aromatic rings. The van der Waals surface area contributed by atoms with Crippen molar-refractivity contribution in [2.45, 2.75) is 25.4 Å². The third-order valence-electron chi connectivity index (χ3n) is 2.41. The summed E-state index contributed by atoms with van der Waals surface area (Å²) in [6.07, 6.45) is -4.56. The normalized spacial score (nSPS) is 13.5. The van der Waals surface area contributed by atoms with Gasteiger partial charge < -0.3 is 5.11 Å². The summed E-state index contributed by atoms with van der Waals surface area (Å²) in [4.78, 5) is 10.9. The van der Waals surface area contributed by atoms with Crippen molar-refractivity contribution in [2.75, 3.05) is 0 Å². The molecule has 0 heterocycles. The summed E-state index contributed by atoms with van der Waals surface area (Å²) < 4.78 is 38.2. The van der Waals surface area contributed by atoms with Gasteiger partial charge in [0.25, 0.3) is 0 Å². The summed E-state index contributed by atoms with van der Waals surface area (Å²) in [5, 5.41) is 8.74. The zero-order chi connectivity index (χ0) is 13.2. The molecule has 17 heavy (non-hydrogen) atoms. The molecule has 1 aromatic carbocycles. The predicted molar refractivity (Wildman–Crippen MR) is 57.1 cm³/mol. The molecule has 1 atom stereocenters. The standard InChI is InChI=1S/C11H10ClF3O2/c1-2-6(10(16)17)9-7(11(13,14)15)4-3-5-8(9)12/h3-6H,2H2,1H3,(H,16,17). The Kier molecular flexibility index (Phi) is 4.03. The molecule has 1 rings (SSSR count). The molecule has 0 aliphatic heterocycles. The summed E-state index contributed by atoms with van der Waals surface area (Å²) in [5.74, 6) is -2.56. The van der Waals surface area contributed by atoms with Gasteiger partial charge in [-0.05, 0) is 24.1 Å². The molecule has 0 fully saturated rings. The highest BCUT2D eigenvalue weighted by Gasteiger charge is 2.37. The van der Waals surface area contributed by atoms with Crippen LogP contribution in [0, 0.1) is 0 Å². The number of halogens is 4. The van der Waals surface area contributed by atoms with E-state index in [0.29, 0.717) is 0 Å². The van der Waals surface area contributed by atoms with E-state index < -0.39 is 23.6 Å². The molecule has 0 radical (unpaired) electrons. The molecule has 0 amide bonds. The molecule has 1 N–H and O–H groups in total. The molecule has 94 valence electrons. The van der Waals surface area contributed by atoms with E-state index in [1.54, 1.807) is 0 Å². The monoisotopic (exact) mass is 266 g/mol. The number of carboxylic acid groups (broad SMARTS) is 1. The number of alkyl halides is 3. The SMILES string of the molecule is CCC(C(=O)O)c1c(Cl)cccc1C(F)(F)F. The van der Waals surface area contributed by atoms with E-state index in [2.05, 4.69) is 0 Å². The molecular weight excluding hydrogens is 257 g/mol. The lowest BCUT2D eigenvalue weighted by molar-refractivity contribution is -0.141. The summed E-state index contributed by atoms with van der Waals surface area (Å²) in [5.41, 5.74) is -1.35. The second kappa shape index (κ2) is 4.96. The molecule has 0 aromatic heterocycles. The van der Waals surface area contributed by atoms with Crippen molar-refractivity contribution in [3.05, 3.63) is 34.3 Å². The molecule has 0 aliphatic rings. The highest BCUT2D eigenvalue weighted by molar-refractivity contribution is 6.31. The van der Waals surface area contributed by atoms with Crippen LogP contribution in [0.25, 0.3) is 0 Å². The van der Waals surface area contributed by atoms with Crippen LogP contribution in [0.3, 0.4) is 0 Å². The quantitative estimate of drug-likeness (QED) is 0.900. The Bertz CT molecular complexity index is 429. The first-order valence-electron chi connectivity index (χ1n) is 4.87. The van der Waals surface area contributed by atoms with E-state index in [1.165, 1.54) is 13.0 Å². The fourth-order valence-corrected chi connectivity index (χ4v) is 1.95. The van der Waals surface area contributed by atoms with E-state index in [4.69, 9.17) is 16.7 Å². The molecule has 0 bridgehead atoms.